The lowest BCUT2D eigenvalue weighted by molar-refractivity contribution is 0.379. The molecule has 0 aromatic carbocycles. The molecular weight excluding hydrogens is 326 g/mol. The quantitative estimate of drug-likeness (QED) is 0.605. The normalized spacial score (nSPS) is 11.1. The zero-order valence-corrected chi connectivity index (χ0v) is 13.8. The number of fused-ring (bicyclic) bond motifs is 1. The second-order valence-corrected chi connectivity index (χ2v) is 6.42. The minimum absolute atomic E-state index is 0.382. The fraction of sp³-hybridized carbons (Fsp3) is 0.200. The van der Waals surface area contributed by atoms with Crippen LogP contribution in [0.5, 0.6) is 0 Å². The first-order valence-electron chi connectivity index (χ1n) is 7.25. The Labute approximate surface area is 141 Å². The summed E-state index contributed by atoms with van der Waals surface area (Å²) in [4.78, 5) is 22.6. The molecule has 0 spiro atoms. The summed E-state index contributed by atoms with van der Waals surface area (Å²) < 4.78 is 5.10. The van der Waals surface area contributed by atoms with E-state index in [1.807, 2.05) is 19.2 Å². The van der Waals surface area contributed by atoms with Crippen LogP contribution in [0.25, 0.3) is 21.6 Å². The standard InChI is InChI=1S/C15H13N7OS/c1-8-4-18-15(24-8)10-3-11-13(16-5-10)19-7-20-14(11)17-6-12-21-9(2)22-23-12/h3-5,7H,6H2,1-2H3,(H,16,17,19,20). The van der Waals surface area contributed by atoms with Gasteiger partial charge in [0.1, 0.15) is 17.2 Å². The van der Waals surface area contributed by atoms with Crippen molar-refractivity contribution in [2.45, 2.75) is 20.4 Å². The van der Waals surface area contributed by atoms with Crippen molar-refractivity contribution in [3.8, 4) is 10.6 Å². The Kier molecular flexibility index (Phi) is 3.62. The van der Waals surface area contributed by atoms with Gasteiger partial charge in [-0.05, 0) is 19.9 Å². The summed E-state index contributed by atoms with van der Waals surface area (Å²) in [5.41, 5.74) is 1.55. The Morgan fingerprint density at radius 1 is 1.12 bits per heavy atom. The van der Waals surface area contributed by atoms with E-state index in [0.29, 0.717) is 29.7 Å². The van der Waals surface area contributed by atoms with Crippen molar-refractivity contribution in [3.63, 3.8) is 0 Å². The Morgan fingerprint density at radius 3 is 2.79 bits per heavy atom. The molecule has 0 aliphatic rings. The minimum atomic E-state index is 0.382. The van der Waals surface area contributed by atoms with E-state index in [-0.39, 0.29) is 0 Å². The Bertz CT molecular complexity index is 1010. The first kappa shape index (κ1) is 14.6. The predicted molar refractivity (Wildman–Crippen MR) is 89.5 cm³/mol. The summed E-state index contributed by atoms with van der Waals surface area (Å²) in [5, 5.41) is 8.71. The molecule has 0 amide bonds. The second-order valence-electron chi connectivity index (χ2n) is 5.18. The highest BCUT2D eigenvalue weighted by molar-refractivity contribution is 7.14. The Morgan fingerprint density at radius 2 is 2.04 bits per heavy atom. The molecule has 0 fully saturated rings. The lowest BCUT2D eigenvalue weighted by atomic mass is 10.2. The highest BCUT2D eigenvalue weighted by atomic mass is 32.1. The molecule has 4 aromatic rings. The molecule has 0 aliphatic heterocycles. The predicted octanol–water partition coefficient (Wildman–Crippen LogP) is 2.76. The van der Waals surface area contributed by atoms with Crippen LogP contribution < -0.4 is 5.32 Å². The fourth-order valence-electron chi connectivity index (χ4n) is 2.26. The maximum absolute atomic E-state index is 5.10. The van der Waals surface area contributed by atoms with Crippen LogP contribution in [0.15, 0.2) is 29.3 Å². The van der Waals surface area contributed by atoms with Crippen molar-refractivity contribution in [3.05, 3.63) is 41.4 Å². The molecular formula is C15H13N7OS. The molecule has 0 aliphatic carbocycles. The maximum Gasteiger partial charge on any atom is 0.245 e. The number of hydrogen-bond acceptors (Lipinski definition) is 9. The van der Waals surface area contributed by atoms with E-state index >= 15 is 0 Å². The highest BCUT2D eigenvalue weighted by Gasteiger charge is 2.10. The number of thiazole rings is 1. The van der Waals surface area contributed by atoms with E-state index in [9.17, 15) is 0 Å². The van der Waals surface area contributed by atoms with E-state index in [1.54, 1.807) is 24.5 Å². The van der Waals surface area contributed by atoms with Gasteiger partial charge < -0.3 is 9.84 Å². The van der Waals surface area contributed by atoms with Gasteiger partial charge in [0.15, 0.2) is 11.5 Å². The van der Waals surface area contributed by atoms with Crippen LogP contribution in [0.2, 0.25) is 0 Å². The Balaban J connectivity index is 1.69. The number of hydrogen-bond donors (Lipinski definition) is 1. The molecule has 0 unspecified atom stereocenters. The number of aromatic nitrogens is 6. The van der Waals surface area contributed by atoms with Crippen molar-refractivity contribution in [2.24, 2.45) is 0 Å². The molecule has 0 radical (unpaired) electrons. The summed E-state index contributed by atoms with van der Waals surface area (Å²) >= 11 is 1.62. The average Bonchev–Trinajstić information content (AvgIpc) is 3.21. The molecule has 1 N–H and O–H groups in total. The Hall–Kier alpha value is -2.94. The van der Waals surface area contributed by atoms with Gasteiger partial charge in [0.25, 0.3) is 0 Å². The van der Waals surface area contributed by atoms with E-state index in [4.69, 9.17) is 4.52 Å². The summed E-state index contributed by atoms with van der Waals surface area (Å²) in [5.74, 6) is 1.76. The molecule has 0 saturated heterocycles. The summed E-state index contributed by atoms with van der Waals surface area (Å²) in [7, 11) is 0. The number of pyridine rings is 1. The van der Waals surface area contributed by atoms with Gasteiger partial charge in [-0.3, -0.25) is 0 Å². The second kappa shape index (κ2) is 5.93. The number of nitrogens with one attached hydrogen (secondary N) is 1. The molecule has 4 rings (SSSR count). The largest absolute Gasteiger partial charge is 0.360 e. The summed E-state index contributed by atoms with van der Waals surface area (Å²) in [6, 6.07) is 1.99. The van der Waals surface area contributed by atoms with Gasteiger partial charge in [0.05, 0.1) is 11.9 Å². The first-order chi connectivity index (χ1) is 11.7. The van der Waals surface area contributed by atoms with Crippen molar-refractivity contribution in [1.82, 2.24) is 30.1 Å². The zero-order valence-electron chi connectivity index (χ0n) is 13.0. The van der Waals surface area contributed by atoms with Gasteiger partial charge in [0, 0.05) is 22.8 Å². The lowest BCUT2D eigenvalue weighted by Crippen LogP contribution is -2.03. The van der Waals surface area contributed by atoms with Crippen LogP contribution in [0, 0.1) is 13.8 Å². The van der Waals surface area contributed by atoms with E-state index in [0.717, 1.165) is 20.8 Å². The lowest BCUT2D eigenvalue weighted by Gasteiger charge is -2.06. The van der Waals surface area contributed by atoms with Crippen molar-refractivity contribution < 1.29 is 4.52 Å². The molecule has 9 heteroatoms. The molecule has 4 aromatic heterocycles. The maximum atomic E-state index is 5.10. The van der Waals surface area contributed by atoms with Crippen LogP contribution in [0.1, 0.15) is 16.6 Å². The monoisotopic (exact) mass is 339 g/mol. The van der Waals surface area contributed by atoms with Gasteiger partial charge >= 0.3 is 0 Å². The summed E-state index contributed by atoms with van der Waals surface area (Å²) in [6.07, 6.45) is 5.10. The topological polar surface area (TPSA) is 103 Å². The van der Waals surface area contributed by atoms with E-state index in [1.165, 1.54) is 6.33 Å². The fourth-order valence-corrected chi connectivity index (χ4v) is 3.01. The molecule has 24 heavy (non-hydrogen) atoms. The van der Waals surface area contributed by atoms with Gasteiger partial charge in [-0.15, -0.1) is 11.3 Å². The SMILES string of the molecule is Cc1noc(CNc2ncnc3ncc(-c4ncc(C)s4)cc23)n1. The number of anilines is 1. The molecule has 0 atom stereocenters. The van der Waals surface area contributed by atoms with Crippen molar-refractivity contribution in [2.75, 3.05) is 5.32 Å². The van der Waals surface area contributed by atoms with Crippen LogP contribution in [-0.2, 0) is 6.54 Å². The smallest absolute Gasteiger partial charge is 0.245 e. The highest BCUT2D eigenvalue weighted by Crippen LogP contribution is 2.28. The van der Waals surface area contributed by atoms with Gasteiger partial charge in [-0.2, -0.15) is 4.98 Å². The third-order valence-corrected chi connectivity index (χ3v) is 4.30. The molecule has 0 saturated carbocycles. The van der Waals surface area contributed by atoms with Crippen LogP contribution in [0.4, 0.5) is 5.82 Å². The van der Waals surface area contributed by atoms with Crippen LogP contribution >= 0.6 is 11.3 Å². The minimum Gasteiger partial charge on any atom is -0.360 e. The first-order valence-corrected chi connectivity index (χ1v) is 8.07. The average molecular weight is 339 g/mol. The van der Waals surface area contributed by atoms with Gasteiger partial charge in [-0.1, -0.05) is 5.16 Å². The van der Waals surface area contributed by atoms with Crippen molar-refractivity contribution in [1.29, 1.82) is 0 Å². The summed E-state index contributed by atoms with van der Waals surface area (Å²) in [6.45, 7) is 4.19. The van der Waals surface area contributed by atoms with Crippen LogP contribution in [0.3, 0.4) is 0 Å². The third-order valence-electron chi connectivity index (χ3n) is 3.33. The number of rotatable bonds is 4. The third kappa shape index (κ3) is 2.81. The van der Waals surface area contributed by atoms with Crippen LogP contribution in [-0.4, -0.2) is 30.1 Å². The van der Waals surface area contributed by atoms with E-state index < -0.39 is 0 Å². The molecule has 8 nitrogen and oxygen atoms in total. The number of nitrogens with zero attached hydrogens (tertiary/aromatic N) is 6. The molecule has 0 bridgehead atoms. The van der Waals surface area contributed by atoms with Gasteiger partial charge in [0.2, 0.25) is 5.89 Å². The molecule has 120 valence electrons. The number of aryl methyl sites for hydroxylation is 2. The van der Waals surface area contributed by atoms with Crippen molar-refractivity contribution >= 4 is 28.2 Å². The van der Waals surface area contributed by atoms with E-state index in [2.05, 4.69) is 35.4 Å². The molecule has 4 heterocycles. The zero-order chi connectivity index (χ0) is 16.5. The van der Waals surface area contributed by atoms with Gasteiger partial charge in [-0.25, -0.2) is 19.9 Å².